The molecule has 0 radical (unpaired) electrons. The fourth-order valence-electron chi connectivity index (χ4n) is 1.24. The van der Waals surface area contributed by atoms with Crippen LogP contribution in [0.3, 0.4) is 0 Å². The normalized spacial score (nSPS) is 10.4. The molecule has 0 bridgehead atoms. The summed E-state index contributed by atoms with van der Waals surface area (Å²) in [5.74, 6) is 1.93. The van der Waals surface area contributed by atoms with E-state index < -0.39 is 0 Å². The van der Waals surface area contributed by atoms with Crippen LogP contribution in [-0.2, 0) is 0 Å². The van der Waals surface area contributed by atoms with Gasteiger partial charge in [0.2, 0.25) is 0 Å². The predicted molar refractivity (Wildman–Crippen MR) is 52.0 cm³/mol. The molecule has 0 aliphatic carbocycles. The molecule has 2 heterocycles. The molecule has 4 nitrogen and oxygen atoms in total. The number of rotatable bonds is 1. The Kier molecular flexibility index (Phi) is 1.96. The van der Waals surface area contributed by atoms with Crippen molar-refractivity contribution in [2.75, 3.05) is 0 Å². The molecule has 0 saturated carbocycles. The van der Waals surface area contributed by atoms with Crippen molar-refractivity contribution >= 4 is 0 Å². The van der Waals surface area contributed by atoms with Crippen LogP contribution in [0.15, 0.2) is 27.5 Å². The van der Waals surface area contributed by atoms with Gasteiger partial charge in [-0.1, -0.05) is 0 Å². The van der Waals surface area contributed by atoms with Crippen molar-refractivity contribution in [3.8, 4) is 11.3 Å². The summed E-state index contributed by atoms with van der Waals surface area (Å²) in [6.07, 6.45) is 1.52. The smallest absolute Gasteiger partial charge is 0.261 e. The summed E-state index contributed by atoms with van der Waals surface area (Å²) in [7, 11) is 0. The van der Waals surface area contributed by atoms with E-state index in [1.807, 2.05) is 13.0 Å². The number of nitrogens with zero attached hydrogens (tertiary/aromatic N) is 1. The third-order valence-corrected chi connectivity index (χ3v) is 1.93. The second-order valence-corrected chi connectivity index (χ2v) is 3.12. The first-order valence-corrected chi connectivity index (χ1v) is 4.29. The minimum absolute atomic E-state index is 0.174. The highest BCUT2D eigenvalue weighted by atomic mass is 16.3. The number of nitrogens with one attached hydrogen (secondary N) is 1. The van der Waals surface area contributed by atoms with Crippen molar-refractivity contribution in [2.24, 2.45) is 0 Å². The Morgan fingerprint density at radius 1 is 1.36 bits per heavy atom. The second kappa shape index (κ2) is 3.14. The third-order valence-electron chi connectivity index (χ3n) is 1.93. The molecule has 0 spiro atoms. The van der Waals surface area contributed by atoms with Crippen LogP contribution in [0.4, 0.5) is 0 Å². The van der Waals surface area contributed by atoms with E-state index in [4.69, 9.17) is 4.42 Å². The highest BCUT2D eigenvalue weighted by Crippen LogP contribution is 2.16. The Bertz CT molecular complexity index is 511. The Balaban J connectivity index is 2.57. The molecule has 2 aromatic rings. The van der Waals surface area contributed by atoms with E-state index in [1.165, 1.54) is 6.20 Å². The largest absolute Gasteiger partial charge is 0.461 e. The van der Waals surface area contributed by atoms with Crippen LogP contribution in [0.25, 0.3) is 11.3 Å². The number of hydrogen-bond donors (Lipinski definition) is 1. The van der Waals surface area contributed by atoms with Gasteiger partial charge in [0.05, 0.1) is 0 Å². The van der Waals surface area contributed by atoms with E-state index in [0.29, 0.717) is 17.1 Å². The van der Waals surface area contributed by atoms with Gasteiger partial charge in [0.15, 0.2) is 0 Å². The molecule has 0 saturated heterocycles. The maximum absolute atomic E-state index is 11.5. The van der Waals surface area contributed by atoms with Crippen LogP contribution in [0.1, 0.15) is 11.6 Å². The van der Waals surface area contributed by atoms with Gasteiger partial charge in [-0.3, -0.25) is 4.79 Å². The van der Waals surface area contributed by atoms with Crippen molar-refractivity contribution in [2.45, 2.75) is 13.8 Å². The van der Waals surface area contributed by atoms with Crippen molar-refractivity contribution in [3.05, 3.63) is 40.3 Å². The van der Waals surface area contributed by atoms with E-state index in [-0.39, 0.29) is 5.56 Å². The lowest BCUT2D eigenvalue weighted by atomic mass is 10.2. The molecular formula is C10H10N2O2. The third kappa shape index (κ3) is 1.46. The molecule has 0 aromatic carbocycles. The zero-order valence-electron chi connectivity index (χ0n) is 8.00. The average Bonchev–Trinajstić information content (AvgIpc) is 2.51. The standard InChI is InChI=1S/C10H10N2O2/c1-6-3-4-9(14-6)8-5-11-7(2)12-10(8)13/h3-5H,1-2H3,(H,11,12,13). The maximum atomic E-state index is 11.5. The van der Waals surface area contributed by atoms with E-state index in [9.17, 15) is 4.79 Å². The summed E-state index contributed by atoms with van der Waals surface area (Å²) < 4.78 is 5.33. The van der Waals surface area contributed by atoms with Gasteiger partial charge in [-0.25, -0.2) is 4.98 Å². The highest BCUT2D eigenvalue weighted by molar-refractivity contribution is 5.54. The fourth-order valence-corrected chi connectivity index (χ4v) is 1.24. The molecule has 2 rings (SSSR count). The highest BCUT2D eigenvalue weighted by Gasteiger charge is 2.07. The summed E-state index contributed by atoms with van der Waals surface area (Å²) in [6.45, 7) is 3.57. The lowest BCUT2D eigenvalue weighted by Crippen LogP contribution is -2.10. The van der Waals surface area contributed by atoms with Crippen LogP contribution in [-0.4, -0.2) is 9.97 Å². The molecule has 1 N–H and O–H groups in total. The molecule has 72 valence electrons. The molecular weight excluding hydrogens is 180 g/mol. The van der Waals surface area contributed by atoms with E-state index in [0.717, 1.165) is 5.76 Å². The Morgan fingerprint density at radius 3 is 2.71 bits per heavy atom. The zero-order valence-corrected chi connectivity index (χ0v) is 8.00. The van der Waals surface area contributed by atoms with Crippen molar-refractivity contribution in [3.63, 3.8) is 0 Å². The summed E-state index contributed by atoms with van der Waals surface area (Å²) in [5.41, 5.74) is 0.288. The maximum Gasteiger partial charge on any atom is 0.261 e. The van der Waals surface area contributed by atoms with E-state index in [2.05, 4.69) is 9.97 Å². The molecule has 14 heavy (non-hydrogen) atoms. The molecule has 0 aliphatic rings. The lowest BCUT2D eigenvalue weighted by molar-refractivity contribution is 0.547. The number of H-pyrrole nitrogens is 1. The Morgan fingerprint density at radius 2 is 2.14 bits per heavy atom. The summed E-state index contributed by atoms with van der Waals surface area (Å²) in [6, 6.07) is 3.57. The molecule has 4 heteroatoms. The van der Waals surface area contributed by atoms with Gasteiger partial charge < -0.3 is 9.40 Å². The van der Waals surface area contributed by atoms with Gasteiger partial charge in [0.1, 0.15) is 22.9 Å². The molecule has 0 fully saturated rings. The number of aryl methyl sites for hydroxylation is 2. The van der Waals surface area contributed by atoms with Gasteiger partial charge in [-0.05, 0) is 26.0 Å². The van der Waals surface area contributed by atoms with Crippen LogP contribution >= 0.6 is 0 Å². The monoisotopic (exact) mass is 190 g/mol. The van der Waals surface area contributed by atoms with Crippen LogP contribution in [0.5, 0.6) is 0 Å². The summed E-state index contributed by atoms with van der Waals surface area (Å²) >= 11 is 0. The molecule has 0 atom stereocenters. The SMILES string of the molecule is Cc1ncc(-c2ccc(C)o2)c(=O)[nH]1. The summed E-state index contributed by atoms with van der Waals surface area (Å²) in [5, 5.41) is 0. The topological polar surface area (TPSA) is 58.9 Å². The molecule has 2 aromatic heterocycles. The van der Waals surface area contributed by atoms with Crippen LogP contribution in [0.2, 0.25) is 0 Å². The number of aromatic nitrogens is 2. The van der Waals surface area contributed by atoms with Crippen LogP contribution in [0, 0.1) is 13.8 Å². The van der Waals surface area contributed by atoms with Crippen LogP contribution < -0.4 is 5.56 Å². The predicted octanol–water partition coefficient (Wildman–Crippen LogP) is 1.65. The zero-order chi connectivity index (χ0) is 10.1. The Labute approximate surface area is 80.6 Å². The minimum Gasteiger partial charge on any atom is -0.461 e. The van der Waals surface area contributed by atoms with E-state index in [1.54, 1.807) is 13.0 Å². The first-order valence-electron chi connectivity index (χ1n) is 4.29. The van der Waals surface area contributed by atoms with E-state index >= 15 is 0 Å². The number of aromatic amines is 1. The molecule has 0 unspecified atom stereocenters. The second-order valence-electron chi connectivity index (χ2n) is 3.12. The van der Waals surface area contributed by atoms with Crippen molar-refractivity contribution in [1.29, 1.82) is 0 Å². The average molecular weight is 190 g/mol. The Hall–Kier alpha value is -1.84. The van der Waals surface area contributed by atoms with Crippen molar-refractivity contribution < 1.29 is 4.42 Å². The lowest BCUT2D eigenvalue weighted by Gasteiger charge is -1.95. The quantitative estimate of drug-likeness (QED) is 0.743. The van der Waals surface area contributed by atoms with Gasteiger partial charge in [-0.15, -0.1) is 0 Å². The van der Waals surface area contributed by atoms with Crippen molar-refractivity contribution in [1.82, 2.24) is 9.97 Å². The number of hydrogen-bond acceptors (Lipinski definition) is 3. The first-order chi connectivity index (χ1) is 6.66. The molecule has 0 aliphatic heterocycles. The first kappa shape index (κ1) is 8.74. The van der Waals surface area contributed by atoms with Gasteiger partial charge in [-0.2, -0.15) is 0 Å². The fraction of sp³-hybridized carbons (Fsp3) is 0.200. The van der Waals surface area contributed by atoms with Gasteiger partial charge in [0, 0.05) is 6.20 Å². The summed E-state index contributed by atoms with van der Waals surface area (Å²) in [4.78, 5) is 18.1. The van der Waals surface area contributed by atoms with Gasteiger partial charge >= 0.3 is 0 Å². The minimum atomic E-state index is -0.174. The van der Waals surface area contributed by atoms with Gasteiger partial charge in [0.25, 0.3) is 5.56 Å². The molecule has 0 amide bonds. The number of furan rings is 1.